The van der Waals surface area contributed by atoms with Gasteiger partial charge in [-0.3, -0.25) is 4.79 Å². The molecule has 0 aliphatic rings. The molecule has 0 spiro atoms. The van der Waals surface area contributed by atoms with E-state index in [1.807, 2.05) is 32.0 Å². The number of alkyl halides is 3. The molecule has 1 aromatic heterocycles. The van der Waals surface area contributed by atoms with Crippen LogP contribution in [0.15, 0.2) is 47.8 Å². The number of carbonyl (C=O) groups excluding carboxylic acids is 1. The molecule has 0 saturated carbocycles. The highest BCUT2D eigenvalue weighted by Crippen LogP contribution is 2.34. The summed E-state index contributed by atoms with van der Waals surface area (Å²) >= 11 is 13.5. The van der Waals surface area contributed by atoms with Crippen molar-refractivity contribution in [2.45, 2.75) is 26.1 Å². The Morgan fingerprint density at radius 1 is 1.10 bits per heavy atom. The van der Waals surface area contributed by atoms with E-state index in [9.17, 15) is 18.0 Å². The zero-order valence-electron chi connectivity index (χ0n) is 16.4. The normalized spacial score (nSPS) is 12.6. The molecule has 0 aliphatic carbocycles. The van der Waals surface area contributed by atoms with Gasteiger partial charge in [0.15, 0.2) is 5.13 Å². The van der Waals surface area contributed by atoms with Gasteiger partial charge in [-0.05, 0) is 30.2 Å². The van der Waals surface area contributed by atoms with E-state index in [2.05, 4.69) is 15.6 Å². The van der Waals surface area contributed by atoms with Crippen molar-refractivity contribution in [2.75, 3.05) is 10.6 Å². The first-order valence-electron chi connectivity index (χ1n) is 9.21. The van der Waals surface area contributed by atoms with Crippen molar-refractivity contribution >= 4 is 51.3 Å². The van der Waals surface area contributed by atoms with Crippen LogP contribution in [-0.2, 0) is 11.0 Å². The fourth-order valence-corrected chi connectivity index (χ4v) is 4.00. The number of rotatable bonds is 6. The predicted octanol–water partition coefficient (Wildman–Crippen LogP) is 7.21. The Hall–Kier alpha value is -2.29. The molecule has 1 heterocycles. The van der Waals surface area contributed by atoms with E-state index in [4.69, 9.17) is 23.2 Å². The second kappa shape index (κ2) is 9.46. The van der Waals surface area contributed by atoms with E-state index in [1.165, 1.54) is 17.4 Å². The topological polar surface area (TPSA) is 54.0 Å². The number of amides is 1. The van der Waals surface area contributed by atoms with Crippen molar-refractivity contribution in [3.8, 4) is 11.3 Å². The average molecular weight is 488 g/mol. The number of thiazole rings is 1. The molecular formula is C21H18Cl2F3N3OS. The molecule has 3 rings (SSSR count). The van der Waals surface area contributed by atoms with Crippen LogP contribution >= 0.6 is 34.5 Å². The van der Waals surface area contributed by atoms with Gasteiger partial charge in [0, 0.05) is 16.0 Å². The maximum Gasteiger partial charge on any atom is 0.416 e. The molecular weight excluding hydrogens is 470 g/mol. The number of halogens is 5. The number of benzene rings is 2. The van der Waals surface area contributed by atoms with Crippen LogP contribution in [0.3, 0.4) is 0 Å². The monoisotopic (exact) mass is 487 g/mol. The largest absolute Gasteiger partial charge is 0.416 e. The summed E-state index contributed by atoms with van der Waals surface area (Å²) in [6, 6.07) is 9.44. The third kappa shape index (κ3) is 5.70. The molecule has 0 aliphatic heterocycles. The second-order valence-electron chi connectivity index (χ2n) is 7.07. The van der Waals surface area contributed by atoms with Crippen LogP contribution in [0.1, 0.15) is 19.4 Å². The highest BCUT2D eigenvalue weighted by atomic mass is 35.5. The molecule has 2 aromatic carbocycles. The summed E-state index contributed by atoms with van der Waals surface area (Å²) in [4.78, 5) is 17.3. The third-order valence-corrected chi connectivity index (χ3v) is 5.84. The zero-order chi connectivity index (χ0) is 22.8. The number of anilines is 2. The lowest BCUT2D eigenvalue weighted by atomic mass is 10.0. The van der Waals surface area contributed by atoms with Gasteiger partial charge in [0.05, 0.1) is 22.0 Å². The fraction of sp³-hybridized carbons (Fsp3) is 0.238. The maximum atomic E-state index is 12.9. The van der Waals surface area contributed by atoms with Gasteiger partial charge in [-0.2, -0.15) is 13.2 Å². The Kier molecular flexibility index (Phi) is 7.13. The summed E-state index contributed by atoms with van der Waals surface area (Å²) in [5.74, 6) is -0.563. The quantitative estimate of drug-likeness (QED) is 0.386. The van der Waals surface area contributed by atoms with Crippen LogP contribution in [0.4, 0.5) is 24.0 Å². The molecule has 31 heavy (non-hydrogen) atoms. The molecule has 10 heteroatoms. The van der Waals surface area contributed by atoms with Crippen molar-refractivity contribution in [2.24, 2.45) is 5.92 Å². The van der Waals surface area contributed by atoms with Crippen molar-refractivity contribution < 1.29 is 18.0 Å². The molecule has 0 saturated heterocycles. The highest BCUT2D eigenvalue weighted by Gasteiger charge is 2.31. The molecule has 164 valence electrons. The Morgan fingerprint density at radius 3 is 2.42 bits per heavy atom. The second-order valence-corrected chi connectivity index (χ2v) is 8.74. The summed E-state index contributed by atoms with van der Waals surface area (Å²) in [5.41, 5.74) is 0.754. The molecule has 0 radical (unpaired) electrons. The summed E-state index contributed by atoms with van der Waals surface area (Å²) in [7, 11) is 0. The van der Waals surface area contributed by atoms with Crippen LogP contribution in [0, 0.1) is 5.92 Å². The van der Waals surface area contributed by atoms with Crippen molar-refractivity contribution in [3.63, 3.8) is 0 Å². The standard InChI is InChI=1S/C21H18Cl2F3N3OS/c1-11(2)18(27-16-8-7-12(9-15(16)23)21(24,25)26)19(30)29-20-28-17(10-31-20)13-5-3-4-6-14(13)22/h3-11,18,27H,1-2H3,(H,28,29,30). The Labute approximate surface area is 191 Å². The van der Waals surface area contributed by atoms with Crippen LogP contribution in [0.2, 0.25) is 10.0 Å². The smallest absolute Gasteiger partial charge is 0.372 e. The van der Waals surface area contributed by atoms with Gasteiger partial charge < -0.3 is 10.6 Å². The average Bonchev–Trinajstić information content (AvgIpc) is 3.14. The summed E-state index contributed by atoms with van der Waals surface area (Å²) in [5, 5.41) is 8.27. The van der Waals surface area contributed by atoms with Crippen LogP contribution < -0.4 is 10.6 Å². The van der Waals surface area contributed by atoms with E-state index in [0.717, 1.165) is 17.7 Å². The third-order valence-electron chi connectivity index (χ3n) is 4.44. The van der Waals surface area contributed by atoms with Crippen LogP contribution in [-0.4, -0.2) is 16.9 Å². The Balaban J connectivity index is 1.76. The molecule has 2 N–H and O–H groups in total. The zero-order valence-corrected chi connectivity index (χ0v) is 18.8. The van der Waals surface area contributed by atoms with Crippen LogP contribution in [0.5, 0.6) is 0 Å². The maximum absolute atomic E-state index is 12.9. The lowest BCUT2D eigenvalue weighted by Crippen LogP contribution is -2.39. The minimum Gasteiger partial charge on any atom is -0.372 e. The highest BCUT2D eigenvalue weighted by molar-refractivity contribution is 7.14. The summed E-state index contributed by atoms with van der Waals surface area (Å²) in [6.07, 6.45) is -4.50. The fourth-order valence-electron chi connectivity index (χ4n) is 2.82. The predicted molar refractivity (Wildman–Crippen MR) is 120 cm³/mol. The summed E-state index contributed by atoms with van der Waals surface area (Å²) in [6.45, 7) is 3.62. The number of carbonyl (C=O) groups is 1. The van der Waals surface area contributed by atoms with E-state index >= 15 is 0 Å². The molecule has 1 unspecified atom stereocenters. The Morgan fingerprint density at radius 2 is 1.81 bits per heavy atom. The first-order chi connectivity index (χ1) is 14.6. The summed E-state index contributed by atoms with van der Waals surface area (Å²) < 4.78 is 38.6. The van der Waals surface area contributed by atoms with E-state index < -0.39 is 17.8 Å². The van der Waals surface area contributed by atoms with Gasteiger partial charge in [0.2, 0.25) is 5.91 Å². The Bertz CT molecular complexity index is 1090. The first-order valence-corrected chi connectivity index (χ1v) is 10.8. The number of nitrogens with one attached hydrogen (secondary N) is 2. The molecule has 1 atom stereocenters. The minimum absolute atomic E-state index is 0.122. The van der Waals surface area contributed by atoms with E-state index in [-0.39, 0.29) is 22.5 Å². The van der Waals surface area contributed by atoms with Gasteiger partial charge in [-0.25, -0.2) is 4.98 Å². The van der Waals surface area contributed by atoms with Gasteiger partial charge >= 0.3 is 6.18 Å². The van der Waals surface area contributed by atoms with E-state index in [0.29, 0.717) is 15.8 Å². The van der Waals surface area contributed by atoms with Gasteiger partial charge in [-0.15, -0.1) is 11.3 Å². The van der Waals surface area contributed by atoms with Crippen LogP contribution in [0.25, 0.3) is 11.3 Å². The van der Waals surface area contributed by atoms with Gasteiger partial charge in [-0.1, -0.05) is 55.2 Å². The lowest BCUT2D eigenvalue weighted by molar-refractivity contribution is -0.137. The molecule has 4 nitrogen and oxygen atoms in total. The number of nitrogens with zero attached hydrogens (tertiary/aromatic N) is 1. The van der Waals surface area contributed by atoms with Crippen molar-refractivity contribution in [3.05, 3.63) is 63.5 Å². The molecule has 0 fully saturated rings. The first kappa shape index (κ1) is 23.4. The molecule has 1 amide bonds. The van der Waals surface area contributed by atoms with Crippen molar-refractivity contribution in [1.29, 1.82) is 0 Å². The SMILES string of the molecule is CC(C)C(Nc1ccc(C(F)(F)F)cc1Cl)C(=O)Nc1nc(-c2ccccc2Cl)cs1. The van der Waals surface area contributed by atoms with Crippen molar-refractivity contribution in [1.82, 2.24) is 4.98 Å². The lowest BCUT2D eigenvalue weighted by Gasteiger charge is -2.23. The number of hydrogen-bond donors (Lipinski definition) is 2. The van der Waals surface area contributed by atoms with Gasteiger partial charge in [0.25, 0.3) is 0 Å². The minimum atomic E-state index is -4.50. The number of aromatic nitrogens is 1. The number of hydrogen-bond acceptors (Lipinski definition) is 4. The van der Waals surface area contributed by atoms with Gasteiger partial charge in [0.1, 0.15) is 6.04 Å². The molecule has 0 bridgehead atoms. The molecule has 3 aromatic rings. The van der Waals surface area contributed by atoms with E-state index in [1.54, 1.807) is 11.4 Å².